The van der Waals surface area contributed by atoms with Crippen LogP contribution in [0.3, 0.4) is 0 Å². The third-order valence-corrected chi connectivity index (χ3v) is 8.81. The van der Waals surface area contributed by atoms with Crippen molar-refractivity contribution in [1.82, 2.24) is 21.3 Å². The zero-order chi connectivity index (χ0) is 39.3. The molecule has 0 radical (unpaired) electrons. The van der Waals surface area contributed by atoms with Crippen molar-refractivity contribution in [3.63, 3.8) is 0 Å². The molecule has 6 N–H and O–H groups in total. The van der Waals surface area contributed by atoms with Gasteiger partial charge in [0, 0.05) is 12.0 Å². The number of rotatable bonds is 20. The van der Waals surface area contributed by atoms with Gasteiger partial charge in [-0.05, 0) is 42.2 Å². The number of nitrogens with one attached hydrogen (secondary N) is 4. The van der Waals surface area contributed by atoms with E-state index in [4.69, 9.17) is 0 Å². The Kier molecular flexibility index (Phi) is 17.1. The van der Waals surface area contributed by atoms with Gasteiger partial charge < -0.3 is 36.2 Å². The molecule has 0 spiro atoms. The van der Waals surface area contributed by atoms with Crippen LogP contribution in [0.15, 0.2) is 36.4 Å². The highest BCUT2D eigenvalue weighted by atomic mass is 19.2. The molecule has 0 aliphatic carbocycles. The molecular weight excluding hydrogens is 685 g/mol. The predicted molar refractivity (Wildman–Crippen MR) is 186 cm³/mol. The summed E-state index contributed by atoms with van der Waals surface area (Å²) >= 11 is 0. The summed E-state index contributed by atoms with van der Waals surface area (Å²) in [4.78, 5) is 64.3. The quantitative estimate of drug-likeness (QED) is 0.112. The topological polar surface area (TPSA) is 183 Å². The Morgan fingerprint density at radius 3 is 1.90 bits per heavy atom. The molecular formula is C37H51F3N4O8. The Balaban J connectivity index is 2.20. The van der Waals surface area contributed by atoms with Gasteiger partial charge >= 0.3 is 5.97 Å². The predicted octanol–water partition coefficient (Wildman–Crippen LogP) is 3.42. The number of aliphatic hydroxyl groups is 1. The van der Waals surface area contributed by atoms with Crippen LogP contribution in [0.1, 0.15) is 71.9 Å². The van der Waals surface area contributed by atoms with Gasteiger partial charge in [-0.1, -0.05) is 78.3 Å². The standard InChI is InChI=1S/C37H51F3N4O8/c1-8-21(6)33(36(49)44-32(20(4)5)37(50)51)42-27(46)15-14-26(45)25(16-22-12-10-9-11-13-22)41-35(48)31(19(2)3)43-28(47)18-23-17-24(38)30(40)34(52-7)29(23)39/h9-13,17,19-21,25-26,31-33,45H,8,14-16,18H2,1-7H3,(H,41,48)(H,42,46)(H,43,47)(H,44,49)(H,50,51)/t21-,25-,26-,31?,32?,33-/m0/s1. The highest BCUT2D eigenvalue weighted by Crippen LogP contribution is 2.27. The minimum Gasteiger partial charge on any atom is -0.491 e. The van der Waals surface area contributed by atoms with Gasteiger partial charge in [-0.25, -0.2) is 13.6 Å². The molecule has 2 aromatic carbocycles. The van der Waals surface area contributed by atoms with Crippen molar-refractivity contribution in [1.29, 1.82) is 0 Å². The number of halogens is 3. The highest BCUT2D eigenvalue weighted by Gasteiger charge is 2.33. The molecule has 0 saturated carbocycles. The lowest BCUT2D eigenvalue weighted by atomic mass is 9.95. The maximum atomic E-state index is 14.7. The molecule has 52 heavy (non-hydrogen) atoms. The molecule has 0 bridgehead atoms. The van der Waals surface area contributed by atoms with E-state index in [1.165, 1.54) is 0 Å². The van der Waals surface area contributed by atoms with Gasteiger partial charge in [0.15, 0.2) is 17.4 Å². The van der Waals surface area contributed by atoms with E-state index in [1.807, 2.05) is 6.92 Å². The summed E-state index contributed by atoms with van der Waals surface area (Å²) in [7, 11) is 0.950. The summed E-state index contributed by atoms with van der Waals surface area (Å²) in [5.74, 6) is -10.4. The highest BCUT2D eigenvalue weighted by molar-refractivity contribution is 5.91. The molecule has 4 amide bonds. The fourth-order valence-electron chi connectivity index (χ4n) is 5.48. The normalized spacial score (nSPS) is 14.8. The van der Waals surface area contributed by atoms with Crippen LogP contribution < -0.4 is 26.0 Å². The van der Waals surface area contributed by atoms with E-state index < -0.39 is 107 Å². The van der Waals surface area contributed by atoms with Crippen LogP contribution in [0.2, 0.25) is 0 Å². The van der Waals surface area contributed by atoms with Gasteiger partial charge in [-0.2, -0.15) is 4.39 Å². The maximum Gasteiger partial charge on any atom is 0.326 e. The van der Waals surface area contributed by atoms with Crippen LogP contribution in [0, 0.1) is 35.2 Å². The zero-order valence-electron chi connectivity index (χ0n) is 30.6. The monoisotopic (exact) mass is 736 g/mol. The van der Waals surface area contributed by atoms with Crippen molar-refractivity contribution in [2.45, 2.75) is 104 Å². The minimum absolute atomic E-state index is 0.137. The second kappa shape index (κ2) is 20.4. The number of methoxy groups -OCH3 is 1. The summed E-state index contributed by atoms with van der Waals surface area (Å²) in [6, 6.07) is 5.09. The molecule has 2 unspecified atom stereocenters. The Morgan fingerprint density at radius 1 is 0.788 bits per heavy atom. The summed E-state index contributed by atoms with van der Waals surface area (Å²) in [5.41, 5.74) is 0.261. The fraction of sp³-hybridized carbons (Fsp3) is 0.541. The van der Waals surface area contributed by atoms with Gasteiger partial charge in [0.25, 0.3) is 0 Å². The van der Waals surface area contributed by atoms with E-state index in [9.17, 15) is 47.4 Å². The number of amides is 4. The summed E-state index contributed by atoms with van der Waals surface area (Å²) in [6.45, 7) is 10.1. The molecule has 15 heteroatoms. The fourth-order valence-corrected chi connectivity index (χ4v) is 5.48. The molecule has 12 nitrogen and oxygen atoms in total. The molecule has 0 fully saturated rings. The van der Waals surface area contributed by atoms with Crippen molar-refractivity contribution in [3.05, 3.63) is 65.0 Å². The number of carbonyl (C=O) groups is 5. The van der Waals surface area contributed by atoms with Crippen LogP contribution in [-0.4, -0.2) is 77.2 Å². The zero-order valence-corrected chi connectivity index (χ0v) is 30.6. The van der Waals surface area contributed by atoms with Crippen molar-refractivity contribution in [2.24, 2.45) is 17.8 Å². The first-order valence-corrected chi connectivity index (χ1v) is 17.3. The van der Waals surface area contributed by atoms with Crippen molar-refractivity contribution in [3.8, 4) is 5.75 Å². The number of carboxylic acids is 1. The second-order valence-electron chi connectivity index (χ2n) is 13.6. The number of aliphatic hydroxyl groups excluding tert-OH is 1. The number of aliphatic carboxylic acids is 1. The Hall–Kier alpha value is -4.66. The Labute approximate surface area is 302 Å². The lowest BCUT2D eigenvalue weighted by Crippen LogP contribution is -2.56. The van der Waals surface area contributed by atoms with Gasteiger partial charge in [0.2, 0.25) is 29.4 Å². The maximum absolute atomic E-state index is 14.7. The number of hydrogen-bond donors (Lipinski definition) is 6. The molecule has 288 valence electrons. The number of carbonyl (C=O) groups excluding carboxylic acids is 4. The van der Waals surface area contributed by atoms with Crippen molar-refractivity contribution in [2.75, 3.05) is 7.11 Å². The van der Waals surface area contributed by atoms with E-state index >= 15 is 0 Å². The van der Waals surface area contributed by atoms with Crippen LogP contribution in [0.25, 0.3) is 0 Å². The molecule has 0 aliphatic heterocycles. The van der Waals surface area contributed by atoms with Crippen LogP contribution in [0.5, 0.6) is 5.75 Å². The third-order valence-electron chi connectivity index (χ3n) is 8.81. The molecule has 0 aliphatic rings. The van der Waals surface area contributed by atoms with E-state index in [0.29, 0.717) is 12.5 Å². The molecule has 6 atom stereocenters. The lowest BCUT2D eigenvalue weighted by Gasteiger charge is -2.29. The first kappa shape index (κ1) is 43.5. The molecule has 0 aromatic heterocycles. The van der Waals surface area contributed by atoms with Crippen LogP contribution >= 0.6 is 0 Å². The molecule has 0 heterocycles. The van der Waals surface area contributed by atoms with Gasteiger partial charge in [0.1, 0.15) is 18.1 Å². The van der Waals surface area contributed by atoms with Crippen molar-refractivity contribution < 1.29 is 52.1 Å². The van der Waals surface area contributed by atoms with E-state index in [-0.39, 0.29) is 25.2 Å². The van der Waals surface area contributed by atoms with Crippen LogP contribution in [-0.2, 0) is 36.8 Å². The van der Waals surface area contributed by atoms with Crippen LogP contribution in [0.4, 0.5) is 13.2 Å². The third kappa shape index (κ3) is 12.5. The average Bonchev–Trinajstić information content (AvgIpc) is 3.09. The number of ether oxygens (including phenoxy) is 1. The average molecular weight is 737 g/mol. The first-order valence-electron chi connectivity index (χ1n) is 17.3. The summed E-state index contributed by atoms with van der Waals surface area (Å²) < 4.78 is 47.2. The lowest BCUT2D eigenvalue weighted by molar-refractivity contribution is -0.143. The van der Waals surface area contributed by atoms with Gasteiger partial charge in [-0.15, -0.1) is 0 Å². The van der Waals surface area contributed by atoms with E-state index in [2.05, 4.69) is 26.0 Å². The molecule has 2 aromatic rings. The van der Waals surface area contributed by atoms with E-state index in [0.717, 1.165) is 12.7 Å². The first-order chi connectivity index (χ1) is 24.4. The summed E-state index contributed by atoms with van der Waals surface area (Å²) in [5, 5.41) is 31.2. The smallest absolute Gasteiger partial charge is 0.326 e. The second-order valence-corrected chi connectivity index (χ2v) is 13.6. The van der Waals surface area contributed by atoms with E-state index in [1.54, 1.807) is 65.0 Å². The largest absolute Gasteiger partial charge is 0.491 e. The number of benzene rings is 2. The van der Waals surface area contributed by atoms with Gasteiger partial charge in [-0.3, -0.25) is 19.2 Å². The number of carboxylic acid groups (broad SMARTS) is 1. The Bertz CT molecular complexity index is 1540. The Morgan fingerprint density at radius 2 is 1.37 bits per heavy atom. The number of hydrogen-bond acceptors (Lipinski definition) is 7. The van der Waals surface area contributed by atoms with Crippen molar-refractivity contribution >= 4 is 29.6 Å². The molecule has 0 saturated heterocycles. The minimum atomic E-state index is -1.54. The molecule has 2 rings (SSSR count). The summed E-state index contributed by atoms with van der Waals surface area (Å²) in [6.07, 6.45) is -1.76. The van der Waals surface area contributed by atoms with Gasteiger partial charge in [0.05, 0.1) is 25.7 Å². The SMILES string of the molecule is CC[C@H](C)[C@H](NC(=O)CC[C@H](O)[C@H](Cc1ccccc1)NC(=O)C(NC(=O)Cc1cc(F)c(F)c(OC)c1F)C(C)C)C(=O)NC(C(=O)O)C(C)C.